The van der Waals surface area contributed by atoms with Crippen LogP contribution in [-0.2, 0) is 4.74 Å². The van der Waals surface area contributed by atoms with Gasteiger partial charge in [-0.05, 0) is 26.2 Å². The Morgan fingerprint density at radius 2 is 2.35 bits per heavy atom. The number of aliphatic imine (C=N–C) groups is 1. The van der Waals surface area contributed by atoms with Gasteiger partial charge < -0.3 is 15.4 Å². The fourth-order valence-corrected chi connectivity index (χ4v) is 2.41. The number of hydrogen-bond acceptors (Lipinski definition) is 2. The van der Waals surface area contributed by atoms with Crippen molar-refractivity contribution in [2.75, 3.05) is 13.1 Å². The molecule has 3 atom stereocenters. The third kappa shape index (κ3) is 3.75. The van der Waals surface area contributed by atoms with Gasteiger partial charge in [0.25, 0.3) is 0 Å². The highest BCUT2D eigenvalue weighted by molar-refractivity contribution is 14.0. The highest BCUT2D eigenvalue weighted by atomic mass is 127. The summed E-state index contributed by atoms with van der Waals surface area (Å²) >= 11 is 0. The molecule has 0 spiro atoms. The molecular formula is C12H20IN3O. The summed E-state index contributed by atoms with van der Waals surface area (Å²) in [6, 6.07) is 0.398. The smallest absolute Gasteiger partial charge is 0.192 e. The molecule has 5 heteroatoms. The number of rotatable bonds is 3. The number of nitrogens with one attached hydrogen (secondary N) is 2. The summed E-state index contributed by atoms with van der Waals surface area (Å²) in [4.78, 5) is 4.28. The van der Waals surface area contributed by atoms with Gasteiger partial charge in [-0.3, -0.25) is 0 Å². The van der Waals surface area contributed by atoms with Crippen LogP contribution in [0.1, 0.15) is 26.2 Å². The van der Waals surface area contributed by atoms with Crippen molar-refractivity contribution in [1.29, 1.82) is 0 Å². The second kappa shape index (κ2) is 7.07. The summed E-state index contributed by atoms with van der Waals surface area (Å²) < 4.78 is 5.78. The summed E-state index contributed by atoms with van der Waals surface area (Å²) in [7, 11) is 0. The van der Waals surface area contributed by atoms with Crippen LogP contribution in [0.5, 0.6) is 0 Å². The quantitative estimate of drug-likeness (QED) is 0.347. The molecule has 3 unspecified atom stereocenters. The molecule has 2 saturated heterocycles. The largest absolute Gasteiger partial charge is 0.373 e. The second-order valence-corrected chi connectivity index (χ2v) is 4.26. The third-order valence-corrected chi connectivity index (χ3v) is 3.10. The van der Waals surface area contributed by atoms with Crippen molar-refractivity contribution in [3.8, 4) is 12.3 Å². The zero-order chi connectivity index (χ0) is 11.4. The summed E-state index contributed by atoms with van der Waals surface area (Å²) in [5, 5.41) is 6.59. The number of ether oxygens (including phenoxy) is 1. The fourth-order valence-electron chi connectivity index (χ4n) is 2.41. The molecule has 2 aliphatic rings. The normalized spacial score (nSPS) is 30.6. The van der Waals surface area contributed by atoms with Crippen LogP contribution in [0.3, 0.4) is 0 Å². The van der Waals surface area contributed by atoms with Gasteiger partial charge in [0.1, 0.15) is 6.54 Å². The van der Waals surface area contributed by atoms with Crippen LogP contribution in [0.4, 0.5) is 0 Å². The second-order valence-electron chi connectivity index (χ2n) is 4.26. The molecule has 2 rings (SSSR count). The zero-order valence-electron chi connectivity index (χ0n) is 10.1. The molecule has 2 N–H and O–H groups in total. The van der Waals surface area contributed by atoms with Gasteiger partial charge in [-0.25, -0.2) is 4.99 Å². The van der Waals surface area contributed by atoms with E-state index >= 15 is 0 Å². The summed E-state index contributed by atoms with van der Waals surface area (Å²) in [6.45, 7) is 3.31. The molecule has 2 aliphatic heterocycles. The van der Waals surface area contributed by atoms with E-state index in [2.05, 4.69) is 21.5 Å². The van der Waals surface area contributed by atoms with E-state index in [0.29, 0.717) is 24.8 Å². The Balaban J connectivity index is 0.00000144. The van der Waals surface area contributed by atoms with E-state index in [1.54, 1.807) is 0 Å². The Labute approximate surface area is 120 Å². The lowest BCUT2D eigenvalue weighted by Crippen LogP contribution is -2.47. The predicted octanol–water partition coefficient (Wildman–Crippen LogP) is 1.11. The molecule has 17 heavy (non-hydrogen) atoms. The van der Waals surface area contributed by atoms with Gasteiger partial charge in [0.15, 0.2) is 5.96 Å². The van der Waals surface area contributed by atoms with Gasteiger partial charge in [-0.2, -0.15) is 0 Å². The minimum absolute atomic E-state index is 0. The first-order valence-corrected chi connectivity index (χ1v) is 5.97. The minimum atomic E-state index is 0. The molecule has 0 amide bonds. The Bertz CT molecular complexity index is 313. The molecule has 2 heterocycles. The zero-order valence-corrected chi connectivity index (χ0v) is 12.4. The molecule has 0 aromatic rings. The van der Waals surface area contributed by atoms with E-state index in [-0.39, 0.29) is 24.0 Å². The van der Waals surface area contributed by atoms with Crippen molar-refractivity contribution in [1.82, 2.24) is 10.6 Å². The van der Waals surface area contributed by atoms with E-state index in [1.165, 1.54) is 6.42 Å². The monoisotopic (exact) mass is 349 g/mol. The number of nitrogens with zero attached hydrogens (tertiary/aromatic N) is 1. The van der Waals surface area contributed by atoms with Crippen LogP contribution < -0.4 is 10.6 Å². The Morgan fingerprint density at radius 1 is 1.53 bits per heavy atom. The van der Waals surface area contributed by atoms with Gasteiger partial charge in [-0.15, -0.1) is 30.4 Å². The lowest BCUT2D eigenvalue weighted by Gasteiger charge is -2.22. The molecule has 0 aliphatic carbocycles. The topological polar surface area (TPSA) is 45.7 Å². The molecule has 0 aromatic heterocycles. The van der Waals surface area contributed by atoms with E-state index in [0.717, 1.165) is 25.3 Å². The summed E-state index contributed by atoms with van der Waals surface area (Å²) in [6.07, 6.45) is 9.48. The summed E-state index contributed by atoms with van der Waals surface area (Å²) in [5.41, 5.74) is 0. The molecule has 0 radical (unpaired) electrons. The fraction of sp³-hybridized carbons (Fsp3) is 0.750. The van der Waals surface area contributed by atoms with Gasteiger partial charge in [0, 0.05) is 6.54 Å². The first-order chi connectivity index (χ1) is 7.83. The SMILES string of the molecule is C#CCN=C(NCC)NC1CC2CCC1O2.I. The van der Waals surface area contributed by atoms with E-state index in [9.17, 15) is 0 Å². The Morgan fingerprint density at radius 3 is 2.88 bits per heavy atom. The average molecular weight is 349 g/mol. The third-order valence-electron chi connectivity index (χ3n) is 3.10. The van der Waals surface area contributed by atoms with Crippen LogP contribution in [-0.4, -0.2) is 37.3 Å². The van der Waals surface area contributed by atoms with Crippen LogP contribution in [0.15, 0.2) is 4.99 Å². The highest BCUT2D eigenvalue weighted by Gasteiger charge is 2.40. The number of terminal acetylenes is 1. The lowest BCUT2D eigenvalue weighted by atomic mass is 9.96. The molecule has 0 saturated carbocycles. The van der Waals surface area contributed by atoms with E-state index < -0.39 is 0 Å². The van der Waals surface area contributed by atoms with Crippen molar-refractivity contribution in [3.05, 3.63) is 0 Å². The number of halogens is 1. The summed E-state index contributed by atoms with van der Waals surface area (Å²) in [5.74, 6) is 3.32. The number of guanidine groups is 1. The molecule has 96 valence electrons. The van der Waals surface area contributed by atoms with Crippen LogP contribution in [0, 0.1) is 12.3 Å². The van der Waals surface area contributed by atoms with E-state index in [4.69, 9.17) is 11.2 Å². The highest BCUT2D eigenvalue weighted by Crippen LogP contribution is 2.34. The van der Waals surface area contributed by atoms with Crippen molar-refractivity contribution >= 4 is 29.9 Å². The molecule has 2 fully saturated rings. The maximum atomic E-state index is 5.78. The van der Waals surface area contributed by atoms with Crippen molar-refractivity contribution in [2.24, 2.45) is 4.99 Å². The number of hydrogen-bond donors (Lipinski definition) is 2. The maximum Gasteiger partial charge on any atom is 0.192 e. The van der Waals surface area contributed by atoms with Gasteiger partial charge in [-0.1, -0.05) is 5.92 Å². The molecular weight excluding hydrogens is 329 g/mol. The molecule has 4 nitrogen and oxygen atoms in total. The van der Waals surface area contributed by atoms with Crippen LogP contribution >= 0.6 is 24.0 Å². The molecule has 0 aromatic carbocycles. The first-order valence-electron chi connectivity index (χ1n) is 5.97. The van der Waals surface area contributed by atoms with Crippen molar-refractivity contribution in [3.63, 3.8) is 0 Å². The van der Waals surface area contributed by atoms with Crippen molar-refractivity contribution < 1.29 is 4.74 Å². The van der Waals surface area contributed by atoms with E-state index in [1.807, 2.05) is 6.92 Å². The lowest BCUT2D eigenvalue weighted by molar-refractivity contribution is 0.0992. The number of fused-ring (bicyclic) bond motifs is 2. The first kappa shape index (κ1) is 14.6. The van der Waals surface area contributed by atoms with Crippen LogP contribution in [0.25, 0.3) is 0 Å². The Kier molecular flexibility index (Phi) is 6.06. The molecule has 2 bridgehead atoms. The van der Waals surface area contributed by atoms with Gasteiger partial charge in [0.2, 0.25) is 0 Å². The maximum absolute atomic E-state index is 5.78. The van der Waals surface area contributed by atoms with Crippen molar-refractivity contribution in [2.45, 2.75) is 44.4 Å². The predicted molar refractivity (Wildman–Crippen MR) is 79.7 cm³/mol. The average Bonchev–Trinajstić information content (AvgIpc) is 2.88. The Hall–Kier alpha value is -0.480. The minimum Gasteiger partial charge on any atom is -0.373 e. The van der Waals surface area contributed by atoms with Gasteiger partial charge >= 0.3 is 0 Å². The van der Waals surface area contributed by atoms with Gasteiger partial charge in [0.05, 0.1) is 18.2 Å². The standard InChI is InChI=1S/C12H19N3O.HI/c1-3-7-14-12(13-4-2)15-10-8-9-5-6-11(10)16-9;/h1,9-11H,4-8H2,2H3,(H2,13,14,15);1H. The van der Waals surface area contributed by atoms with Crippen LogP contribution in [0.2, 0.25) is 0 Å².